The Morgan fingerprint density at radius 2 is 1.66 bits per heavy atom. The van der Waals surface area contributed by atoms with Crippen molar-refractivity contribution in [3.63, 3.8) is 0 Å². The molecule has 2 aromatic rings. The van der Waals surface area contributed by atoms with Gasteiger partial charge in [-0.1, -0.05) is 36.4 Å². The lowest BCUT2D eigenvalue weighted by Gasteiger charge is -2.45. The highest BCUT2D eigenvalue weighted by molar-refractivity contribution is 5.88. The van der Waals surface area contributed by atoms with E-state index in [0.717, 1.165) is 56.8 Å². The smallest absolute Gasteiger partial charge is 0.411 e. The van der Waals surface area contributed by atoms with Gasteiger partial charge in [-0.2, -0.15) is 0 Å². The first kappa shape index (κ1) is 34.5. The number of hydrogen-bond acceptors (Lipinski definition) is 8. The lowest BCUT2D eigenvalue weighted by atomic mass is 9.70. The summed E-state index contributed by atoms with van der Waals surface area (Å²) in [7, 11) is 0. The molecule has 1 saturated heterocycles. The lowest BCUT2D eigenvalue weighted by Crippen LogP contribution is -2.46. The number of piperidine rings is 1. The van der Waals surface area contributed by atoms with Crippen LogP contribution in [0.5, 0.6) is 0 Å². The maximum Gasteiger partial charge on any atom is 0.411 e. The number of amides is 1. The Labute approximate surface area is 256 Å². The molecule has 1 unspecified atom stereocenters. The Morgan fingerprint density at radius 1 is 1.02 bits per heavy atom. The molecule has 2 aromatic carbocycles. The molecule has 1 fully saturated rings. The van der Waals surface area contributed by atoms with Crippen molar-refractivity contribution in [3.05, 3.63) is 65.2 Å². The molecule has 44 heavy (non-hydrogen) atoms. The van der Waals surface area contributed by atoms with Crippen LogP contribution in [-0.4, -0.2) is 80.7 Å². The molecule has 4 rings (SSSR count). The SMILES string of the molecule is CCOC(C)C1(CCc2ccccc2)CCN(Cc2ccc3c(c2)COC(=O)N3)CC1.O=C(O)CC(O)(CC(=O)O)C(=O)O. The molecule has 12 heteroatoms. The van der Waals surface area contributed by atoms with Gasteiger partial charge in [-0.25, -0.2) is 9.59 Å². The topological polar surface area (TPSA) is 183 Å². The number of likely N-dealkylation sites (tertiary alicyclic amines) is 1. The molecular weight excluding hydrogens is 572 g/mol. The van der Waals surface area contributed by atoms with Crippen LogP contribution in [0.1, 0.15) is 62.6 Å². The maximum absolute atomic E-state index is 11.4. The zero-order valence-corrected chi connectivity index (χ0v) is 25.2. The normalized spacial score (nSPS) is 16.8. The molecule has 12 nitrogen and oxygen atoms in total. The van der Waals surface area contributed by atoms with Crippen LogP contribution in [0.4, 0.5) is 10.5 Å². The zero-order valence-electron chi connectivity index (χ0n) is 25.2. The second-order valence-electron chi connectivity index (χ2n) is 11.4. The molecule has 0 aliphatic carbocycles. The van der Waals surface area contributed by atoms with Gasteiger partial charge >= 0.3 is 24.0 Å². The quantitative estimate of drug-likeness (QED) is 0.219. The number of benzene rings is 2. The number of nitrogens with one attached hydrogen (secondary N) is 1. The molecule has 2 heterocycles. The Bertz CT molecular complexity index is 1280. The minimum atomic E-state index is -2.74. The highest BCUT2D eigenvalue weighted by Crippen LogP contribution is 2.41. The number of fused-ring (bicyclic) bond motifs is 1. The summed E-state index contributed by atoms with van der Waals surface area (Å²) in [6.07, 6.45) is 2.20. The van der Waals surface area contributed by atoms with E-state index < -0.39 is 36.4 Å². The highest BCUT2D eigenvalue weighted by atomic mass is 16.5. The molecule has 240 valence electrons. The van der Waals surface area contributed by atoms with E-state index in [1.807, 2.05) is 6.07 Å². The summed E-state index contributed by atoms with van der Waals surface area (Å²) in [5, 5.41) is 36.6. The van der Waals surface area contributed by atoms with Crippen molar-refractivity contribution in [2.75, 3.05) is 25.0 Å². The van der Waals surface area contributed by atoms with Crippen LogP contribution >= 0.6 is 0 Å². The Balaban J connectivity index is 0.000000345. The summed E-state index contributed by atoms with van der Waals surface area (Å²) < 4.78 is 11.2. The summed E-state index contributed by atoms with van der Waals surface area (Å²) in [6.45, 7) is 8.57. The van der Waals surface area contributed by atoms with Gasteiger partial charge in [0.25, 0.3) is 0 Å². The number of aryl methyl sites for hydroxylation is 1. The molecule has 0 radical (unpaired) electrons. The number of carbonyl (C=O) groups is 4. The van der Waals surface area contributed by atoms with Gasteiger partial charge in [-0.3, -0.25) is 19.8 Å². The zero-order chi connectivity index (χ0) is 32.3. The van der Waals surface area contributed by atoms with Crippen molar-refractivity contribution in [2.24, 2.45) is 5.41 Å². The molecular formula is C32H42N2O10. The number of cyclic esters (lactones) is 1. The van der Waals surface area contributed by atoms with Gasteiger partial charge in [0.1, 0.15) is 6.61 Å². The second-order valence-corrected chi connectivity index (χ2v) is 11.4. The van der Waals surface area contributed by atoms with Crippen LogP contribution in [0, 0.1) is 5.41 Å². The summed E-state index contributed by atoms with van der Waals surface area (Å²) in [4.78, 5) is 44.4. The third kappa shape index (κ3) is 9.76. The number of carbonyl (C=O) groups excluding carboxylic acids is 1. The fourth-order valence-electron chi connectivity index (χ4n) is 5.73. The number of hydrogen-bond donors (Lipinski definition) is 5. The first-order valence-electron chi connectivity index (χ1n) is 14.7. The maximum atomic E-state index is 11.4. The van der Waals surface area contributed by atoms with Crippen molar-refractivity contribution < 1.29 is 49.1 Å². The average Bonchev–Trinajstić information content (AvgIpc) is 2.97. The number of aliphatic hydroxyl groups is 1. The van der Waals surface area contributed by atoms with Crippen molar-refractivity contribution in [1.82, 2.24) is 4.90 Å². The Kier molecular flexibility index (Phi) is 12.3. The van der Waals surface area contributed by atoms with Crippen LogP contribution in [0.3, 0.4) is 0 Å². The minimum Gasteiger partial charge on any atom is -0.481 e. The van der Waals surface area contributed by atoms with Crippen molar-refractivity contribution in [3.8, 4) is 0 Å². The van der Waals surface area contributed by atoms with E-state index in [1.54, 1.807) is 0 Å². The minimum absolute atomic E-state index is 0.232. The number of anilines is 1. The van der Waals surface area contributed by atoms with Crippen molar-refractivity contribution in [2.45, 2.75) is 77.2 Å². The number of rotatable bonds is 13. The van der Waals surface area contributed by atoms with E-state index in [9.17, 15) is 19.2 Å². The van der Waals surface area contributed by atoms with Gasteiger partial charge in [0.15, 0.2) is 5.60 Å². The summed E-state index contributed by atoms with van der Waals surface area (Å²) in [6, 6.07) is 17.1. The van der Waals surface area contributed by atoms with E-state index in [4.69, 9.17) is 29.9 Å². The van der Waals surface area contributed by atoms with Gasteiger partial charge in [-0.15, -0.1) is 0 Å². The largest absolute Gasteiger partial charge is 0.481 e. The number of ether oxygens (including phenoxy) is 2. The molecule has 0 saturated carbocycles. The number of carboxylic acids is 3. The predicted octanol–water partition coefficient (Wildman–Crippen LogP) is 4.14. The molecule has 5 N–H and O–H groups in total. The molecule has 1 amide bonds. The van der Waals surface area contributed by atoms with Gasteiger partial charge in [-0.05, 0) is 81.3 Å². The number of carboxylic acid groups (broad SMARTS) is 3. The molecule has 1 atom stereocenters. The van der Waals surface area contributed by atoms with E-state index in [1.165, 1.54) is 17.5 Å². The summed E-state index contributed by atoms with van der Waals surface area (Å²) in [5.74, 6) is -5.02. The van der Waals surface area contributed by atoms with Crippen molar-refractivity contribution in [1.29, 1.82) is 0 Å². The molecule has 0 spiro atoms. The van der Waals surface area contributed by atoms with Crippen LogP contribution in [0.15, 0.2) is 48.5 Å². The van der Waals surface area contributed by atoms with Gasteiger partial charge in [0.05, 0.1) is 24.6 Å². The Hall–Kier alpha value is -4.00. The second kappa shape index (κ2) is 15.6. The highest BCUT2D eigenvalue weighted by Gasteiger charge is 2.41. The fraction of sp³-hybridized carbons (Fsp3) is 0.500. The van der Waals surface area contributed by atoms with Gasteiger partial charge in [0.2, 0.25) is 0 Å². The average molecular weight is 615 g/mol. The van der Waals surface area contributed by atoms with E-state index in [0.29, 0.717) is 6.61 Å². The van der Waals surface area contributed by atoms with Crippen LogP contribution in [0.25, 0.3) is 0 Å². The van der Waals surface area contributed by atoms with E-state index >= 15 is 0 Å². The van der Waals surface area contributed by atoms with E-state index in [-0.39, 0.29) is 17.6 Å². The number of nitrogens with zero attached hydrogens (tertiary/aromatic N) is 1. The monoisotopic (exact) mass is 614 g/mol. The van der Waals surface area contributed by atoms with E-state index in [2.05, 4.69) is 66.5 Å². The fourth-order valence-corrected chi connectivity index (χ4v) is 5.73. The molecule has 0 bridgehead atoms. The standard InChI is InChI=1S/C26H34N2O3.C6H8O7/c1-3-30-20(2)26(12-11-21-7-5-4-6-8-21)13-15-28(16-14-26)18-22-9-10-24-23(17-22)19-31-25(29)27-24;7-3(8)1-6(13,5(11)12)2-4(9)10/h4-10,17,20H,3,11-16,18-19H2,1-2H3,(H,27,29);13H,1-2H2,(H,7,8)(H,9,10)(H,11,12). The van der Waals surface area contributed by atoms with Gasteiger partial charge < -0.3 is 29.9 Å². The van der Waals surface area contributed by atoms with Crippen LogP contribution in [-0.2, 0) is 43.4 Å². The van der Waals surface area contributed by atoms with Gasteiger partial charge in [0, 0.05) is 18.7 Å². The third-order valence-corrected chi connectivity index (χ3v) is 8.34. The Morgan fingerprint density at radius 3 is 2.23 bits per heavy atom. The molecule has 0 aromatic heterocycles. The van der Waals surface area contributed by atoms with Crippen molar-refractivity contribution >= 4 is 29.7 Å². The molecule has 2 aliphatic rings. The first-order valence-corrected chi connectivity index (χ1v) is 14.7. The lowest BCUT2D eigenvalue weighted by molar-refractivity contribution is -0.170. The predicted molar refractivity (Wildman–Crippen MR) is 160 cm³/mol. The third-order valence-electron chi connectivity index (χ3n) is 8.34. The summed E-state index contributed by atoms with van der Waals surface area (Å²) >= 11 is 0. The first-order chi connectivity index (χ1) is 20.9. The summed E-state index contributed by atoms with van der Waals surface area (Å²) in [5.41, 5.74) is 2.10. The molecule has 2 aliphatic heterocycles. The number of aliphatic carboxylic acids is 3. The van der Waals surface area contributed by atoms with Crippen LogP contribution in [0.2, 0.25) is 0 Å². The van der Waals surface area contributed by atoms with Crippen LogP contribution < -0.4 is 5.32 Å².